The van der Waals surface area contributed by atoms with Crippen LogP contribution in [0.2, 0.25) is 0 Å². The number of aromatic amines is 1. The van der Waals surface area contributed by atoms with E-state index in [1.54, 1.807) is 6.92 Å². The van der Waals surface area contributed by atoms with Crippen molar-refractivity contribution in [2.24, 2.45) is 5.11 Å². The maximum atomic E-state index is 11.9. The summed E-state index contributed by atoms with van der Waals surface area (Å²) in [7, 11) is -2.31. The summed E-state index contributed by atoms with van der Waals surface area (Å²) in [6, 6.07) is -0.538. The van der Waals surface area contributed by atoms with Crippen molar-refractivity contribution in [3.8, 4) is 0 Å². The summed E-state index contributed by atoms with van der Waals surface area (Å²) in [6.45, 7) is 1.56. The smallest absolute Gasteiger partial charge is 0.354 e. The van der Waals surface area contributed by atoms with Crippen LogP contribution in [0, 0.1) is 6.92 Å². The quantitative estimate of drug-likeness (QED) is 0.357. The summed E-state index contributed by atoms with van der Waals surface area (Å²) in [6.07, 6.45) is 0.648. The third-order valence-corrected chi connectivity index (χ3v) is 4.11. The van der Waals surface area contributed by atoms with Crippen molar-refractivity contribution in [1.29, 1.82) is 0 Å². The van der Waals surface area contributed by atoms with Gasteiger partial charge >= 0.3 is 13.7 Å². The summed E-state index contributed by atoms with van der Waals surface area (Å²) in [5, 5.41) is 3.62. The molecular formula is C11H15N5O5P+. The van der Waals surface area contributed by atoms with Crippen molar-refractivity contribution in [1.82, 2.24) is 9.55 Å². The van der Waals surface area contributed by atoms with Gasteiger partial charge in [-0.1, -0.05) is 5.11 Å². The number of nitrogens with one attached hydrogen (secondary N) is 1. The molecule has 1 aromatic rings. The maximum Gasteiger partial charge on any atom is 0.505 e. The Bertz CT molecular complexity index is 737. The van der Waals surface area contributed by atoms with Gasteiger partial charge in [0.05, 0.1) is 12.1 Å². The molecule has 0 saturated carbocycles. The lowest BCUT2D eigenvalue weighted by atomic mass is 10.1. The van der Waals surface area contributed by atoms with Gasteiger partial charge in [-0.15, -0.1) is 0 Å². The molecule has 1 fully saturated rings. The molecule has 2 heterocycles. The molecule has 10 nitrogen and oxygen atoms in total. The van der Waals surface area contributed by atoms with Gasteiger partial charge in [-0.3, -0.25) is 14.3 Å². The summed E-state index contributed by atoms with van der Waals surface area (Å²) < 4.78 is 17.7. The highest BCUT2D eigenvalue weighted by Crippen LogP contribution is 2.33. The lowest BCUT2D eigenvalue weighted by Crippen LogP contribution is -2.33. The first-order valence-electron chi connectivity index (χ1n) is 6.57. The van der Waals surface area contributed by atoms with Gasteiger partial charge in [0, 0.05) is 29.5 Å². The van der Waals surface area contributed by atoms with E-state index in [9.17, 15) is 14.2 Å². The fourth-order valence-corrected chi connectivity index (χ4v) is 2.85. The first-order chi connectivity index (χ1) is 10.4. The summed E-state index contributed by atoms with van der Waals surface area (Å²) in [4.78, 5) is 37.0. The van der Waals surface area contributed by atoms with Crippen molar-refractivity contribution in [2.45, 2.75) is 38.1 Å². The molecule has 11 heteroatoms. The topological polar surface area (TPSA) is 150 Å². The van der Waals surface area contributed by atoms with Crippen LogP contribution in [0.1, 0.15) is 24.6 Å². The highest BCUT2D eigenvalue weighted by molar-refractivity contribution is 7.37. The highest BCUT2D eigenvalue weighted by Gasteiger charge is 2.37. The molecule has 0 bridgehead atoms. The van der Waals surface area contributed by atoms with E-state index >= 15 is 0 Å². The molecule has 0 aliphatic carbocycles. The summed E-state index contributed by atoms with van der Waals surface area (Å²) >= 11 is 0. The van der Waals surface area contributed by atoms with E-state index in [4.69, 9.17) is 15.2 Å². The predicted octanol–water partition coefficient (Wildman–Crippen LogP) is 0.936. The average molecular weight is 328 g/mol. The van der Waals surface area contributed by atoms with Crippen LogP contribution in [-0.2, 0) is 9.30 Å². The first-order valence-corrected chi connectivity index (χ1v) is 7.97. The molecule has 0 spiro atoms. The Balaban J connectivity index is 2.25. The summed E-state index contributed by atoms with van der Waals surface area (Å²) in [5.41, 5.74) is 7.86. The first kappa shape index (κ1) is 16.4. The van der Waals surface area contributed by atoms with Gasteiger partial charge in [0.2, 0.25) is 0 Å². The van der Waals surface area contributed by atoms with Crippen LogP contribution in [-0.4, -0.2) is 32.8 Å². The van der Waals surface area contributed by atoms with E-state index in [1.807, 2.05) is 0 Å². The van der Waals surface area contributed by atoms with Gasteiger partial charge in [0.25, 0.3) is 5.56 Å². The van der Waals surface area contributed by atoms with E-state index in [0.29, 0.717) is 5.56 Å². The minimum Gasteiger partial charge on any atom is -0.354 e. The van der Waals surface area contributed by atoms with Gasteiger partial charge in [-0.05, 0) is 17.0 Å². The van der Waals surface area contributed by atoms with Crippen molar-refractivity contribution in [3.05, 3.63) is 43.0 Å². The van der Waals surface area contributed by atoms with E-state index in [2.05, 4.69) is 15.0 Å². The van der Waals surface area contributed by atoms with Crippen molar-refractivity contribution in [3.63, 3.8) is 0 Å². The Morgan fingerprint density at radius 3 is 3.00 bits per heavy atom. The van der Waals surface area contributed by atoms with Crippen molar-refractivity contribution < 1.29 is 14.2 Å². The molecule has 0 amide bonds. The summed E-state index contributed by atoms with van der Waals surface area (Å²) in [5.74, 6) is 0. The van der Waals surface area contributed by atoms with Crippen LogP contribution in [0.4, 0.5) is 0 Å². The molecule has 1 aliphatic rings. The van der Waals surface area contributed by atoms with Crippen LogP contribution in [0.5, 0.6) is 0 Å². The van der Waals surface area contributed by atoms with E-state index < -0.39 is 37.7 Å². The molecule has 0 radical (unpaired) electrons. The van der Waals surface area contributed by atoms with Crippen LogP contribution in [0.15, 0.2) is 20.9 Å². The second-order valence-corrected chi connectivity index (χ2v) is 6.13. The zero-order valence-corrected chi connectivity index (χ0v) is 12.6. The van der Waals surface area contributed by atoms with E-state index in [-0.39, 0.29) is 19.0 Å². The second-order valence-electron chi connectivity index (χ2n) is 4.98. The lowest BCUT2D eigenvalue weighted by molar-refractivity contribution is -0.00394. The lowest BCUT2D eigenvalue weighted by Gasteiger charge is -2.15. The highest BCUT2D eigenvalue weighted by atomic mass is 31.1. The third kappa shape index (κ3) is 3.61. The number of rotatable bonds is 5. The largest absolute Gasteiger partial charge is 0.505 e. The van der Waals surface area contributed by atoms with Gasteiger partial charge in [-0.2, -0.15) is 4.89 Å². The van der Waals surface area contributed by atoms with Crippen LogP contribution in [0.25, 0.3) is 10.4 Å². The molecule has 1 aliphatic heterocycles. The monoisotopic (exact) mass is 328 g/mol. The Morgan fingerprint density at radius 2 is 2.36 bits per heavy atom. The van der Waals surface area contributed by atoms with Gasteiger partial charge < -0.3 is 4.74 Å². The second kappa shape index (κ2) is 6.85. The SMILES string of the molecule is Cc1cn([C@H]2C[C@H](N=[N+]=[N-])[C@@H](CC[P+](=O)O)O2)c(=O)[nH]c1=O. The maximum absolute atomic E-state index is 11.9. The number of hydrogen-bond donors (Lipinski definition) is 2. The Labute approximate surface area is 125 Å². The zero-order valence-electron chi connectivity index (χ0n) is 11.7. The fraction of sp³-hybridized carbons (Fsp3) is 0.636. The molecule has 1 unspecified atom stereocenters. The minimum absolute atomic E-state index is 0.0176. The number of H-pyrrole nitrogens is 1. The Hall–Kier alpha value is -1.99. The molecule has 118 valence electrons. The number of aromatic nitrogens is 2. The molecule has 22 heavy (non-hydrogen) atoms. The number of azide groups is 1. The molecular weight excluding hydrogens is 313 g/mol. The number of ether oxygens (including phenoxy) is 1. The average Bonchev–Trinajstić information content (AvgIpc) is 2.84. The Morgan fingerprint density at radius 1 is 1.64 bits per heavy atom. The minimum atomic E-state index is -2.31. The molecule has 1 saturated heterocycles. The van der Waals surface area contributed by atoms with Gasteiger partial charge in [-0.25, -0.2) is 4.79 Å². The predicted molar refractivity (Wildman–Crippen MR) is 76.8 cm³/mol. The van der Waals surface area contributed by atoms with Crippen molar-refractivity contribution in [2.75, 3.05) is 6.16 Å². The van der Waals surface area contributed by atoms with Crippen LogP contribution in [0.3, 0.4) is 0 Å². The molecule has 1 aromatic heterocycles. The van der Waals surface area contributed by atoms with Gasteiger partial charge in [0.1, 0.15) is 6.23 Å². The van der Waals surface area contributed by atoms with Crippen molar-refractivity contribution >= 4 is 8.03 Å². The van der Waals surface area contributed by atoms with Crippen LogP contribution < -0.4 is 11.2 Å². The third-order valence-electron chi connectivity index (χ3n) is 3.47. The molecule has 4 atom stereocenters. The number of aryl methyl sites for hydroxylation is 1. The number of nitrogens with zero attached hydrogens (tertiary/aromatic N) is 4. The van der Waals surface area contributed by atoms with E-state index in [1.165, 1.54) is 10.8 Å². The Kier molecular flexibility index (Phi) is 5.10. The standard InChI is InChI=1S/C11H14N5O5P/c1-6-5-16(11(18)13-10(6)17)9-4-7(14-15-12)8(21-9)2-3-22(19)20/h5,7-9H,2-4H2,1H3,(H-,13,17,18,19,20)/p+1/t7-,8+,9+/m0/s1. The fourth-order valence-electron chi connectivity index (χ4n) is 2.37. The van der Waals surface area contributed by atoms with Gasteiger partial charge in [0.15, 0.2) is 6.16 Å². The number of hydrogen-bond acceptors (Lipinski definition) is 5. The molecule has 2 N–H and O–H groups in total. The van der Waals surface area contributed by atoms with Crippen LogP contribution >= 0.6 is 8.03 Å². The van der Waals surface area contributed by atoms with E-state index in [0.717, 1.165) is 0 Å². The molecule has 0 aromatic carbocycles. The molecule has 2 rings (SSSR count). The zero-order chi connectivity index (χ0) is 16.3. The normalized spacial score (nSPS) is 24.8.